The smallest absolute Gasteiger partial charge is 0.204 e. The van der Waals surface area contributed by atoms with E-state index in [1.807, 2.05) is 24.1 Å². The number of anilines is 1. The van der Waals surface area contributed by atoms with Gasteiger partial charge in [0.05, 0.1) is 6.61 Å². The Labute approximate surface area is 103 Å². The molecule has 0 fully saturated rings. The Kier molecular flexibility index (Phi) is 3.49. The fourth-order valence-electron chi connectivity index (χ4n) is 1.74. The van der Waals surface area contributed by atoms with E-state index < -0.39 is 0 Å². The molecule has 2 aromatic rings. The van der Waals surface area contributed by atoms with Gasteiger partial charge in [-0.2, -0.15) is 0 Å². The van der Waals surface area contributed by atoms with Gasteiger partial charge in [0.2, 0.25) is 5.43 Å². The minimum atomic E-state index is -0.0178. The molecule has 0 aromatic carbocycles. The standard InChI is InChI=1S/C12H15NO3S/c1-3-13(4-5-14)10-6-9(15)12-11(16-10)8(2)7-17-12/h6-7,14H,3-5H2,1-2H3. The lowest BCUT2D eigenvalue weighted by Gasteiger charge is -2.19. The second kappa shape index (κ2) is 4.89. The quantitative estimate of drug-likeness (QED) is 0.905. The first-order valence-corrected chi connectivity index (χ1v) is 6.43. The predicted octanol–water partition coefficient (Wildman–Crippen LogP) is 1.98. The summed E-state index contributed by atoms with van der Waals surface area (Å²) >= 11 is 1.41. The molecule has 0 spiro atoms. The summed E-state index contributed by atoms with van der Waals surface area (Å²) in [5, 5.41) is 10.9. The molecule has 0 atom stereocenters. The van der Waals surface area contributed by atoms with Crippen LogP contribution in [-0.2, 0) is 0 Å². The highest BCUT2D eigenvalue weighted by Crippen LogP contribution is 2.26. The van der Waals surface area contributed by atoms with Crippen LogP contribution in [0.3, 0.4) is 0 Å². The van der Waals surface area contributed by atoms with Gasteiger partial charge in [0, 0.05) is 24.7 Å². The molecule has 2 aromatic heterocycles. The molecule has 0 aliphatic carbocycles. The number of aryl methyl sites for hydroxylation is 1. The number of hydrogen-bond donors (Lipinski definition) is 1. The van der Waals surface area contributed by atoms with Gasteiger partial charge in [-0.3, -0.25) is 4.79 Å². The van der Waals surface area contributed by atoms with Crippen molar-refractivity contribution in [2.45, 2.75) is 13.8 Å². The summed E-state index contributed by atoms with van der Waals surface area (Å²) in [5.41, 5.74) is 1.62. The van der Waals surface area contributed by atoms with Crippen molar-refractivity contribution in [3.8, 4) is 0 Å². The van der Waals surface area contributed by atoms with Crippen LogP contribution in [0.25, 0.3) is 10.3 Å². The average Bonchev–Trinajstić information content (AvgIpc) is 2.69. The van der Waals surface area contributed by atoms with Crippen LogP contribution in [0, 0.1) is 6.92 Å². The van der Waals surface area contributed by atoms with Crippen molar-refractivity contribution in [3.63, 3.8) is 0 Å². The number of aliphatic hydroxyl groups excluding tert-OH is 1. The van der Waals surface area contributed by atoms with Crippen molar-refractivity contribution < 1.29 is 9.52 Å². The van der Waals surface area contributed by atoms with Gasteiger partial charge >= 0.3 is 0 Å². The molecule has 0 unspecified atom stereocenters. The minimum absolute atomic E-state index is 0.0178. The van der Waals surface area contributed by atoms with Crippen molar-refractivity contribution in [3.05, 3.63) is 27.2 Å². The molecule has 0 radical (unpaired) electrons. The monoisotopic (exact) mass is 253 g/mol. The van der Waals surface area contributed by atoms with E-state index in [2.05, 4.69) is 0 Å². The zero-order chi connectivity index (χ0) is 12.4. The van der Waals surface area contributed by atoms with Crippen LogP contribution in [0.1, 0.15) is 12.5 Å². The third-order valence-electron chi connectivity index (χ3n) is 2.67. The molecular formula is C12H15NO3S. The van der Waals surface area contributed by atoms with Gasteiger partial charge in [-0.1, -0.05) is 0 Å². The average molecular weight is 253 g/mol. The Morgan fingerprint density at radius 2 is 2.29 bits per heavy atom. The molecule has 0 aliphatic rings. The number of likely N-dealkylation sites (N-methyl/N-ethyl adjacent to an activating group) is 1. The van der Waals surface area contributed by atoms with Gasteiger partial charge < -0.3 is 14.4 Å². The van der Waals surface area contributed by atoms with E-state index in [1.165, 1.54) is 17.4 Å². The molecule has 2 heterocycles. The first kappa shape index (κ1) is 12.1. The summed E-state index contributed by atoms with van der Waals surface area (Å²) in [5.74, 6) is 0.528. The summed E-state index contributed by atoms with van der Waals surface area (Å²) in [6.07, 6.45) is 0. The highest BCUT2D eigenvalue weighted by Gasteiger charge is 2.12. The lowest BCUT2D eigenvalue weighted by Crippen LogP contribution is -2.26. The second-order valence-electron chi connectivity index (χ2n) is 3.83. The molecule has 2 rings (SSSR count). The lowest BCUT2D eigenvalue weighted by molar-refractivity contribution is 0.300. The minimum Gasteiger partial charge on any atom is -0.439 e. The fourth-order valence-corrected chi connectivity index (χ4v) is 2.63. The number of nitrogens with zero attached hydrogens (tertiary/aromatic N) is 1. The SMILES string of the molecule is CCN(CCO)c1cc(=O)c2scc(C)c2o1. The summed E-state index contributed by atoms with van der Waals surface area (Å²) in [6.45, 7) is 5.08. The largest absolute Gasteiger partial charge is 0.439 e. The van der Waals surface area contributed by atoms with E-state index >= 15 is 0 Å². The van der Waals surface area contributed by atoms with Crippen LogP contribution in [0.4, 0.5) is 5.88 Å². The van der Waals surface area contributed by atoms with Crippen LogP contribution in [0.15, 0.2) is 20.7 Å². The topological polar surface area (TPSA) is 53.7 Å². The van der Waals surface area contributed by atoms with Gasteiger partial charge in [0.25, 0.3) is 0 Å². The maximum atomic E-state index is 11.9. The van der Waals surface area contributed by atoms with E-state index in [1.54, 1.807) is 0 Å². The van der Waals surface area contributed by atoms with Crippen molar-refractivity contribution in [1.29, 1.82) is 0 Å². The number of aliphatic hydroxyl groups is 1. The maximum absolute atomic E-state index is 11.9. The van der Waals surface area contributed by atoms with Crippen LogP contribution in [-0.4, -0.2) is 24.8 Å². The van der Waals surface area contributed by atoms with Crippen molar-refractivity contribution in [2.75, 3.05) is 24.6 Å². The van der Waals surface area contributed by atoms with E-state index in [9.17, 15) is 4.79 Å². The molecule has 5 heteroatoms. The molecule has 1 N–H and O–H groups in total. The number of fused-ring (bicyclic) bond motifs is 1. The Morgan fingerprint density at radius 1 is 1.53 bits per heavy atom. The van der Waals surface area contributed by atoms with Gasteiger partial charge in [-0.25, -0.2) is 0 Å². The van der Waals surface area contributed by atoms with Crippen molar-refractivity contribution in [1.82, 2.24) is 0 Å². The van der Waals surface area contributed by atoms with Crippen molar-refractivity contribution in [2.24, 2.45) is 0 Å². The van der Waals surface area contributed by atoms with Crippen LogP contribution < -0.4 is 10.3 Å². The maximum Gasteiger partial charge on any atom is 0.204 e. The summed E-state index contributed by atoms with van der Waals surface area (Å²) < 4.78 is 6.40. The molecule has 0 bridgehead atoms. The molecule has 0 amide bonds. The first-order chi connectivity index (χ1) is 8.17. The molecule has 92 valence electrons. The summed E-state index contributed by atoms with van der Waals surface area (Å²) in [7, 11) is 0. The molecule has 4 nitrogen and oxygen atoms in total. The molecule has 0 saturated heterocycles. The van der Waals surface area contributed by atoms with E-state index in [0.29, 0.717) is 29.3 Å². The molecule has 17 heavy (non-hydrogen) atoms. The molecule has 0 saturated carbocycles. The summed E-state index contributed by atoms with van der Waals surface area (Å²) in [4.78, 5) is 13.7. The van der Waals surface area contributed by atoms with E-state index in [4.69, 9.17) is 9.52 Å². The zero-order valence-corrected chi connectivity index (χ0v) is 10.7. The van der Waals surface area contributed by atoms with Gasteiger partial charge in [0.1, 0.15) is 4.70 Å². The lowest BCUT2D eigenvalue weighted by atomic mass is 10.3. The van der Waals surface area contributed by atoms with E-state index in [0.717, 1.165) is 5.56 Å². The van der Waals surface area contributed by atoms with Crippen LogP contribution in [0.5, 0.6) is 0 Å². The third-order valence-corrected chi connectivity index (χ3v) is 3.76. The van der Waals surface area contributed by atoms with Gasteiger partial charge in [-0.15, -0.1) is 11.3 Å². The summed E-state index contributed by atoms with van der Waals surface area (Å²) in [6, 6.07) is 1.50. The van der Waals surface area contributed by atoms with Crippen molar-refractivity contribution >= 4 is 27.5 Å². The number of rotatable bonds is 4. The molecule has 0 aliphatic heterocycles. The normalized spacial score (nSPS) is 11.0. The highest BCUT2D eigenvalue weighted by atomic mass is 32.1. The Balaban J connectivity index is 2.55. The Morgan fingerprint density at radius 3 is 2.94 bits per heavy atom. The van der Waals surface area contributed by atoms with Crippen LogP contribution >= 0.6 is 11.3 Å². The van der Waals surface area contributed by atoms with E-state index in [-0.39, 0.29) is 12.0 Å². The van der Waals surface area contributed by atoms with Gasteiger partial charge in [0.15, 0.2) is 11.5 Å². The number of thiophene rings is 1. The fraction of sp³-hybridized carbons (Fsp3) is 0.417. The van der Waals surface area contributed by atoms with Gasteiger partial charge in [-0.05, 0) is 19.2 Å². The Bertz CT molecular complexity index is 573. The third kappa shape index (κ3) is 2.21. The molecular weight excluding hydrogens is 238 g/mol. The van der Waals surface area contributed by atoms with Crippen LogP contribution in [0.2, 0.25) is 0 Å². The Hall–Kier alpha value is -1.33. The second-order valence-corrected chi connectivity index (χ2v) is 4.71. The number of hydrogen-bond acceptors (Lipinski definition) is 5. The predicted molar refractivity (Wildman–Crippen MR) is 70.1 cm³/mol. The highest BCUT2D eigenvalue weighted by molar-refractivity contribution is 7.17. The zero-order valence-electron chi connectivity index (χ0n) is 9.90. The first-order valence-electron chi connectivity index (χ1n) is 5.55.